The number of amides is 1. The molecule has 5 rings (SSSR count). The summed E-state index contributed by atoms with van der Waals surface area (Å²) in [5, 5.41) is 5.87. The lowest BCUT2D eigenvalue weighted by molar-refractivity contribution is -0.141. The average Bonchev–Trinajstić information content (AvgIpc) is 3.30. The number of fused-ring (bicyclic) bond motifs is 1. The zero-order chi connectivity index (χ0) is 27.0. The van der Waals surface area contributed by atoms with Gasteiger partial charge in [0.1, 0.15) is 11.4 Å². The number of halogens is 5. The van der Waals surface area contributed by atoms with E-state index < -0.39 is 23.3 Å². The van der Waals surface area contributed by atoms with Crippen LogP contribution >= 0.6 is 23.2 Å². The zero-order valence-corrected chi connectivity index (χ0v) is 21.1. The largest absolute Gasteiger partial charge is 0.436 e. The highest BCUT2D eigenvalue weighted by Crippen LogP contribution is 2.39. The Morgan fingerprint density at radius 1 is 0.947 bits per heavy atom. The summed E-state index contributed by atoms with van der Waals surface area (Å²) in [6.07, 6.45) is -2.09. The molecule has 2 aromatic carbocycles. The number of carbonyl (C=O) groups excluding carboxylic acids is 1. The molecule has 1 N–H and O–H groups in total. The smallest absolute Gasteiger partial charge is 0.271 e. The molecule has 1 amide bonds. The van der Waals surface area contributed by atoms with Crippen LogP contribution < -0.4 is 10.4 Å². The summed E-state index contributed by atoms with van der Waals surface area (Å²) in [6.45, 7) is 0. The zero-order valence-electron chi connectivity index (χ0n) is 19.5. The Kier molecular flexibility index (Phi) is 6.68. The number of rotatable bonds is 5. The second-order valence-corrected chi connectivity index (χ2v) is 9.00. The number of hydrazine groups is 1. The minimum Gasteiger partial charge on any atom is -0.271 e. The van der Waals surface area contributed by atoms with Gasteiger partial charge in [0.2, 0.25) is 0 Å². The molecule has 192 valence electrons. The van der Waals surface area contributed by atoms with Crippen molar-refractivity contribution in [3.8, 4) is 22.4 Å². The van der Waals surface area contributed by atoms with E-state index in [0.717, 1.165) is 4.52 Å². The molecule has 0 aliphatic carbocycles. The molecule has 38 heavy (non-hydrogen) atoms. The van der Waals surface area contributed by atoms with Gasteiger partial charge in [-0.25, -0.2) is 14.5 Å². The van der Waals surface area contributed by atoms with Crippen LogP contribution in [0.2, 0.25) is 10.0 Å². The molecule has 0 saturated heterocycles. The van der Waals surface area contributed by atoms with Crippen LogP contribution in [0.3, 0.4) is 0 Å². The molecule has 0 fully saturated rings. The summed E-state index contributed by atoms with van der Waals surface area (Å²) in [5.41, 5.74) is 1.70. The lowest BCUT2D eigenvalue weighted by Crippen LogP contribution is -2.40. The Morgan fingerprint density at radius 3 is 2.32 bits per heavy atom. The van der Waals surface area contributed by atoms with Crippen molar-refractivity contribution < 1.29 is 18.0 Å². The number of carbonyl (C=O) groups is 1. The summed E-state index contributed by atoms with van der Waals surface area (Å²) >= 11 is 12.5. The maximum absolute atomic E-state index is 14.2. The van der Waals surface area contributed by atoms with E-state index in [-0.39, 0.29) is 11.3 Å². The van der Waals surface area contributed by atoms with Crippen LogP contribution in [0.1, 0.15) is 16.1 Å². The number of aromatic nitrogens is 4. The molecule has 0 bridgehead atoms. The third-order valence-corrected chi connectivity index (χ3v) is 6.26. The lowest BCUT2D eigenvalue weighted by Gasteiger charge is -2.19. The molecular weight excluding hydrogens is 540 g/mol. The maximum Gasteiger partial charge on any atom is 0.436 e. The summed E-state index contributed by atoms with van der Waals surface area (Å²) in [5.74, 6) is -0.734. The van der Waals surface area contributed by atoms with Gasteiger partial charge in [-0.2, -0.15) is 18.3 Å². The van der Waals surface area contributed by atoms with Crippen LogP contribution in [0, 0.1) is 0 Å². The van der Waals surface area contributed by atoms with E-state index in [9.17, 15) is 18.0 Å². The van der Waals surface area contributed by atoms with E-state index in [4.69, 9.17) is 23.2 Å². The van der Waals surface area contributed by atoms with Gasteiger partial charge >= 0.3 is 6.18 Å². The number of hydrogen-bond donors (Lipinski definition) is 1. The number of benzene rings is 2. The highest BCUT2D eigenvalue weighted by Gasteiger charge is 2.41. The van der Waals surface area contributed by atoms with Crippen molar-refractivity contribution in [3.05, 3.63) is 100 Å². The van der Waals surface area contributed by atoms with Crippen molar-refractivity contribution in [2.24, 2.45) is 0 Å². The van der Waals surface area contributed by atoms with Crippen LogP contribution in [0.25, 0.3) is 28.0 Å². The standard InChI is InChI=1S/C26H17Cl2F3N6O/c1-36(20-8-4-5-13-32-20)35-25(38)21-23(26(29,30)31)34-37-22(15-9-11-16(27)12-10-15)18(14-33-24(21)37)17-6-2-3-7-19(17)28/h2-14H,1H3,(H,35,38). The molecule has 0 unspecified atom stereocenters. The number of hydrogen-bond acceptors (Lipinski definition) is 5. The summed E-state index contributed by atoms with van der Waals surface area (Å²) in [6, 6.07) is 18.3. The fourth-order valence-corrected chi connectivity index (χ4v) is 4.34. The molecule has 12 heteroatoms. The van der Waals surface area contributed by atoms with Crippen LogP contribution in [-0.2, 0) is 6.18 Å². The summed E-state index contributed by atoms with van der Waals surface area (Å²) in [7, 11) is 1.46. The summed E-state index contributed by atoms with van der Waals surface area (Å²) in [4.78, 5) is 21.6. The fraction of sp³-hybridized carbons (Fsp3) is 0.0769. The number of alkyl halides is 3. The minimum atomic E-state index is -4.95. The highest BCUT2D eigenvalue weighted by molar-refractivity contribution is 6.33. The predicted octanol–water partition coefficient (Wildman–Crippen LogP) is 6.57. The molecule has 0 atom stereocenters. The molecule has 3 aromatic heterocycles. The second-order valence-electron chi connectivity index (χ2n) is 8.15. The number of pyridine rings is 1. The molecule has 7 nitrogen and oxygen atoms in total. The van der Waals surface area contributed by atoms with Crippen LogP contribution in [-0.4, -0.2) is 32.5 Å². The van der Waals surface area contributed by atoms with Crippen molar-refractivity contribution in [3.63, 3.8) is 0 Å². The quantitative estimate of drug-likeness (QED) is 0.248. The first-order chi connectivity index (χ1) is 18.1. The first kappa shape index (κ1) is 25.5. The molecule has 0 aliphatic rings. The fourth-order valence-electron chi connectivity index (χ4n) is 3.97. The molecule has 3 heterocycles. The van der Waals surface area contributed by atoms with E-state index in [1.807, 2.05) is 0 Å². The molecule has 0 aliphatic heterocycles. The van der Waals surface area contributed by atoms with Crippen molar-refractivity contribution in [1.29, 1.82) is 0 Å². The van der Waals surface area contributed by atoms with Gasteiger partial charge in [0.15, 0.2) is 11.3 Å². The Bertz CT molecular complexity index is 1640. The Balaban J connectivity index is 1.76. The SMILES string of the molecule is CN(NC(=O)c1c(C(F)(F)F)nn2c(-c3ccc(Cl)cc3)c(-c3ccccc3Cl)cnc12)c1ccccn1. The van der Waals surface area contributed by atoms with Gasteiger partial charge in [0.25, 0.3) is 5.91 Å². The lowest BCUT2D eigenvalue weighted by atomic mass is 10.0. The van der Waals surface area contributed by atoms with E-state index in [1.165, 1.54) is 24.5 Å². The number of nitrogens with zero attached hydrogens (tertiary/aromatic N) is 5. The Labute approximate surface area is 224 Å². The average molecular weight is 557 g/mol. The van der Waals surface area contributed by atoms with Gasteiger partial charge in [-0.05, 0) is 30.3 Å². The van der Waals surface area contributed by atoms with Crippen molar-refractivity contribution in [1.82, 2.24) is 25.0 Å². The maximum atomic E-state index is 14.2. The summed E-state index contributed by atoms with van der Waals surface area (Å²) < 4.78 is 43.7. The number of nitrogens with one attached hydrogen (secondary N) is 1. The molecular formula is C26H17Cl2F3N6O. The molecule has 0 radical (unpaired) electrons. The first-order valence-electron chi connectivity index (χ1n) is 11.1. The van der Waals surface area contributed by atoms with Crippen molar-refractivity contribution >= 4 is 40.6 Å². The van der Waals surface area contributed by atoms with Gasteiger partial charge in [-0.1, -0.05) is 59.6 Å². The van der Waals surface area contributed by atoms with Crippen molar-refractivity contribution in [2.75, 3.05) is 12.1 Å². The van der Waals surface area contributed by atoms with Gasteiger partial charge in [0.05, 0.1) is 5.69 Å². The molecule has 5 aromatic rings. The van der Waals surface area contributed by atoms with Crippen LogP contribution in [0.4, 0.5) is 19.0 Å². The van der Waals surface area contributed by atoms with Gasteiger partial charge < -0.3 is 0 Å². The normalized spacial score (nSPS) is 11.5. The van der Waals surface area contributed by atoms with Crippen molar-refractivity contribution in [2.45, 2.75) is 6.18 Å². The number of anilines is 1. The minimum absolute atomic E-state index is 0.252. The Morgan fingerprint density at radius 2 is 1.66 bits per heavy atom. The van der Waals surface area contributed by atoms with Gasteiger partial charge in [-0.3, -0.25) is 15.2 Å². The molecule has 0 saturated carbocycles. The monoisotopic (exact) mass is 556 g/mol. The van der Waals surface area contributed by atoms with Gasteiger partial charge in [0, 0.05) is 46.2 Å². The highest BCUT2D eigenvalue weighted by atomic mass is 35.5. The van der Waals surface area contributed by atoms with E-state index >= 15 is 0 Å². The van der Waals surface area contributed by atoms with E-state index in [2.05, 4.69) is 20.5 Å². The third kappa shape index (κ3) is 4.75. The predicted molar refractivity (Wildman–Crippen MR) is 139 cm³/mol. The van der Waals surface area contributed by atoms with E-state index in [0.29, 0.717) is 32.6 Å². The van der Waals surface area contributed by atoms with E-state index in [1.54, 1.807) is 66.7 Å². The topological polar surface area (TPSA) is 75.4 Å². The second kappa shape index (κ2) is 9.96. The van der Waals surface area contributed by atoms with Crippen LogP contribution in [0.15, 0.2) is 79.1 Å². The third-order valence-electron chi connectivity index (χ3n) is 5.68. The Hall–Kier alpha value is -4.15. The van der Waals surface area contributed by atoms with Crippen LogP contribution in [0.5, 0.6) is 0 Å². The van der Waals surface area contributed by atoms with Gasteiger partial charge in [-0.15, -0.1) is 0 Å². The first-order valence-corrected chi connectivity index (χ1v) is 11.9. The molecule has 0 spiro atoms.